The van der Waals surface area contributed by atoms with E-state index in [-0.39, 0.29) is 6.61 Å². The van der Waals surface area contributed by atoms with Crippen LogP contribution in [0.2, 0.25) is 5.02 Å². The fourth-order valence-electron chi connectivity index (χ4n) is 2.67. The summed E-state index contributed by atoms with van der Waals surface area (Å²) in [6, 6.07) is 17.1. The summed E-state index contributed by atoms with van der Waals surface area (Å²) in [7, 11) is 0. The van der Waals surface area contributed by atoms with Crippen molar-refractivity contribution in [3.63, 3.8) is 0 Å². The molecule has 7 heteroatoms. The zero-order chi connectivity index (χ0) is 18.6. The molecule has 0 radical (unpaired) electrons. The summed E-state index contributed by atoms with van der Waals surface area (Å²) in [4.78, 5) is 22.0. The molecule has 0 unspecified atom stereocenters. The first-order chi connectivity index (χ1) is 13.2. The lowest BCUT2D eigenvalue weighted by Crippen LogP contribution is -2.23. The van der Waals surface area contributed by atoms with Gasteiger partial charge in [0.05, 0.1) is 16.4 Å². The molecule has 0 saturated carbocycles. The maximum atomic E-state index is 12.3. The highest BCUT2D eigenvalue weighted by Gasteiger charge is 2.30. The second-order valence-electron chi connectivity index (χ2n) is 5.93. The van der Waals surface area contributed by atoms with Gasteiger partial charge in [-0.1, -0.05) is 65.3 Å². The van der Waals surface area contributed by atoms with Crippen molar-refractivity contribution in [2.24, 2.45) is 5.16 Å². The van der Waals surface area contributed by atoms with E-state index in [1.54, 1.807) is 0 Å². The molecule has 0 N–H and O–H groups in total. The van der Waals surface area contributed by atoms with Crippen LogP contribution in [-0.4, -0.2) is 22.8 Å². The molecule has 1 aromatic heterocycles. The van der Waals surface area contributed by atoms with E-state index in [4.69, 9.17) is 21.2 Å². The third kappa shape index (κ3) is 4.02. The number of benzene rings is 2. The number of esters is 1. The number of aromatic nitrogens is 1. The van der Waals surface area contributed by atoms with Crippen LogP contribution in [0.1, 0.15) is 17.7 Å². The molecule has 2 aromatic carbocycles. The number of thiazole rings is 1. The Morgan fingerprint density at radius 3 is 2.78 bits per heavy atom. The molecule has 4 rings (SSSR count). The van der Waals surface area contributed by atoms with Gasteiger partial charge in [-0.2, -0.15) is 0 Å². The average Bonchev–Trinajstić information content (AvgIpc) is 3.37. The Hall–Kier alpha value is -2.70. The molecule has 1 aliphatic rings. The zero-order valence-corrected chi connectivity index (χ0v) is 15.7. The molecule has 0 amide bonds. The third-order valence-electron chi connectivity index (χ3n) is 4.06. The maximum absolute atomic E-state index is 12.3. The summed E-state index contributed by atoms with van der Waals surface area (Å²) in [5.41, 5.74) is 3.22. The van der Waals surface area contributed by atoms with Crippen molar-refractivity contribution in [3.05, 3.63) is 76.3 Å². The molecule has 2 heterocycles. The summed E-state index contributed by atoms with van der Waals surface area (Å²) < 4.78 is 5.35. The molecule has 27 heavy (non-hydrogen) atoms. The highest BCUT2D eigenvalue weighted by molar-refractivity contribution is 7.13. The molecule has 0 bridgehead atoms. The van der Waals surface area contributed by atoms with Gasteiger partial charge in [-0.05, 0) is 11.6 Å². The predicted molar refractivity (Wildman–Crippen MR) is 105 cm³/mol. The van der Waals surface area contributed by atoms with Gasteiger partial charge in [-0.25, -0.2) is 9.78 Å². The average molecular weight is 399 g/mol. The van der Waals surface area contributed by atoms with E-state index < -0.39 is 12.1 Å². The summed E-state index contributed by atoms with van der Waals surface area (Å²) in [5, 5.41) is 7.29. The summed E-state index contributed by atoms with van der Waals surface area (Å²) in [5.74, 6) is -0.447. The molecule has 136 valence electrons. The van der Waals surface area contributed by atoms with Crippen LogP contribution in [0.15, 0.2) is 65.1 Å². The Labute approximate surface area is 165 Å². The molecular weight excluding hydrogens is 384 g/mol. The molecule has 5 nitrogen and oxygen atoms in total. The fraction of sp³-hybridized carbons (Fsp3) is 0.150. The number of ether oxygens (including phenoxy) is 1. The Morgan fingerprint density at radius 1 is 1.19 bits per heavy atom. The fourth-order valence-corrected chi connectivity index (χ4v) is 3.80. The van der Waals surface area contributed by atoms with E-state index in [0.29, 0.717) is 17.1 Å². The lowest BCUT2D eigenvalue weighted by atomic mass is 10.1. The van der Waals surface area contributed by atoms with Gasteiger partial charge in [-0.3, -0.25) is 0 Å². The Kier molecular flexibility index (Phi) is 5.18. The number of hydrogen-bond acceptors (Lipinski definition) is 6. The third-order valence-corrected chi connectivity index (χ3v) is 5.31. The van der Waals surface area contributed by atoms with Crippen LogP contribution < -0.4 is 0 Å². The van der Waals surface area contributed by atoms with E-state index >= 15 is 0 Å². The number of rotatable bonds is 5. The monoisotopic (exact) mass is 398 g/mol. The van der Waals surface area contributed by atoms with Crippen LogP contribution in [0.5, 0.6) is 0 Å². The zero-order valence-electron chi connectivity index (χ0n) is 14.2. The number of nitrogens with zero attached hydrogens (tertiary/aromatic N) is 2. The van der Waals surface area contributed by atoms with Crippen LogP contribution in [0, 0.1) is 0 Å². The number of hydrogen-bond donors (Lipinski definition) is 0. The minimum atomic E-state index is -0.720. The Balaban J connectivity index is 1.34. The number of carbonyl (C=O) groups is 1. The SMILES string of the molecule is O=C(OCc1csc(-c2ccccc2Cl)n1)[C@H]1CC(c2ccccc2)=NO1. The molecule has 0 saturated heterocycles. The van der Waals surface area contributed by atoms with Crippen molar-refractivity contribution in [2.45, 2.75) is 19.1 Å². The number of oxime groups is 1. The normalized spacial score (nSPS) is 15.9. The van der Waals surface area contributed by atoms with Crippen LogP contribution in [0.3, 0.4) is 0 Å². The van der Waals surface area contributed by atoms with Gasteiger partial charge >= 0.3 is 5.97 Å². The van der Waals surface area contributed by atoms with Crippen molar-refractivity contribution in [3.8, 4) is 10.6 Å². The van der Waals surface area contributed by atoms with E-state index in [9.17, 15) is 4.79 Å². The van der Waals surface area contributed by atoms with Gasteiger partial charge in [0.1, 0.15) is 11.6 Å². The smallest absolute Gasteiger partial charge is 0.351 e. The Bertz CT molecular complexity index is 988. The first kappa shape index (κ1) is 17.7. The van der Waals surface area contributed by atoms with Crippen molar-refractivity contribution < 1.29 is 14.4 Å². The maximum Gasteiger partial charge on any atom is 0.351 e. The van der Waals surface area contributed by atoms with Gasteiger partial charge in [0, 0.05) is 17.4 Å². The first-order valence-electron chi connectivity index (χ1n) is 8.35. The summed E-state index contributed by atoms with van der Waals surface area (Å²) in [6.07, 6.45) is -0.327. The van der Waals surface area contributed by atoms with E-state index in [2.05, 4.69) is 10.1 Å². The summed E-state index contributed by atoms with van der Waals surface area (Å²) >= 11 is 7.66. The molecule has 1 aliphatic heterocycles. The minimum absolute atomic E-state index is 0.0836. The minimum Gasteiger partial charge on any atom is -0.456 e. The molecule has 0 fully saturated rings. The van der Waals surface area contributed by atoms with Crippen LogP contribution >= 0.6 is 22.9 Å². The lowest BCUT2D eigenvalue weighted by Gasteiger charge is -2.07. The largest absolute Gasteiger partial charge is 0.456 e. The first-order valence-corrected chi connectivity index (χ1v) is 9.60. The van der Waals surface area contributed by atoms with E-state index in [0.717, 1.165) is 21.8 Å². The van der Waals surface area contributed by atoms with Gasteiger partial charge in [0.15, 0.2) is 0 Å². The standard InChI is InChI=1S/C20H15ClN2O3S/c21-16-9-5-4-8-15(16)19-22-14(12-27-19)11-25-20(24)18-10-17(23-26-18)13-6-2-1-3-7-13/h1-9,12,18H,10-11H2/t18-/m1/s1. The van der Waals surface area contributed by atoms with Crippen LogP contribution in [0.4, 0.5) is 0 Å². The lowest BCUT2D eigenvalue weighted by molar-refractivity contribution is -0.156. The second kappa shape index (κ2) is 7.90. The highest BCUT2D eigenvalue weighted by Crippen LogP contribution is 2.30. The number of carbonyl (C=O) groups excluding carboxylic acids is 1. The van der Waals surface area contributed by atoms with Crippen molar-refractivity contribution in [2.75, 3.05) is 0 Å². The van der Waals surface area contributed by atoms with Crippen LogP contribution in [0.25, 0.3) is 10.6 Å². The van der Waals surface area contributed by atoms with Crippen LogP contribution in [-0.2, 0) is 21.0 Å². The molecule has 1 atom stereocenters. The van der Waals surface area contributed by atoms with Crippen molar-refractivity contribution in [1.29, 1.82) is 0 Å². The summed E-state index contributed by atoms with van der Waals surface area (Å²) in [6.45, 7) is 0.0836. The van der Waals surface area contributed by atoms with E-state index in [1.165, 1.54) is 11.3 Å². The van der Waals surface area contributed by atoms with E-state index in [1.807, 2.05) is 60.0 Å². The number of halogens is 1. The molecular formula is C20H15ClN2O3S. The quantitative estimate of drug-likeness (QED) is 0.584. The Morgan fingerprint density at radius 2 is 1.96 bits per heavy atom. The molecule has 3 aromatic rings. The predicted octanol–water partition coefficient (Wildman–Crippen LogP) is 4.70. The highest BCUT2D eigenvalue weighted by atomic mass is 35.5. The molecule has 0 aliphatic carbocycles. The van der Waals surface area contributed by atoms with Gasteiger partial charge < -0.3 is 9.57 Å². The van der Waals surface area contributed by atoms with Gasteiger partial charge in [0.2, 0.25) is 6.10 Å². The topological polar surface area (TPSA) is 60.8 Å². The second-order valence-corrected chi connectivity index (χ2v) is 7.20. The van der Waals surface area contributed by atoms with Gasteiger partial charge in [-0.15, -0.1) is 11.3 Å². The van der Waals surface area contributed by atoms with Crippen molar-refractivity contribution >= 4 is 34.6 Å². The van der Waals surface area contributed by atoms with Gasteiger partial charge in [0.25, 0.3) is 0 Å². The van der Waals surface area contributed by atoms with Crippen molar-refractivity contribution in [1.82, 2.24) is 4.98 Å². The molecule has 0 spiro atoms.